The van der Waals surface area contributed by atoms with Crippen LogP contribution in [0.1, 0.15) is 76.0 Å². The molecule has 0 radical (unpaired) electrons. The van der Waals surface area contributed by atoms with Crippen LogP contribution in [0.5, 0.6) is 0 Å². The molecule has 3 aromatic heterocycles. The van der Waals surface area contributed by atoms with Crippen molar-refractivity contribution in [1.29, 1.82) is 0 Å². The summed E-state index contributed by atoms with van der Waals surface area (Å²) < 4.78 is 21.9. The van der Waals surface area contributed by atoms with Gasteiger partial charge in [-0.1, -0.05) is 91.0 Å². The molecule has 0 spiro atoms. The molecule has 3 heterocycles. The Labute approximate surface area is 456 Å². The molecule has 0 aliphatic rings. The summed E-state index contributed by atoms with van der Waals surface area (Å²) in [4.78, 5) is 37.7. The number of amides is 3. The first-order valence-corrected chi connectivity index (χ1v) is 27.1. The van der Waals surface area contributed by atoms with Gasteiger partial charge in [0.25, 0.3) is 0 Å². The van der Waals surface area contributed by atoms with Crippen LogP contribution in [-0.2, 0) is 48.2 Å². The molecular formula is C57H75N15O6. The van der Waals surface area contributed by atoms with E-state index in [1.807, 2.05) is 91.4 Å². The lowest BCUT2D eigenvalue weighted by molar-refractivity contribution is -0.117. The minimum atomic E-state index is -0.0686. The number of carbonyl (C=O) groups excluding carboxylic acids is 3. The summed E-state index contributed by atoms with van der Waals surface area (Å²) >= 11 is 0. The Kier molecular flexibility index (Phi) is 24.1. The van der Waals surface area contributed by atoms with E-state index in [0.717, 1.165) is 72.5 Å². The standard InChI is InChI=1S/C57H75N15O6/c1-4-28-76-31-25-58-22-19-55(73)61-49-13-7-46(8-14-49)52-40-70(67-64-52)37-43-34-44(38-71-41-53(65-68-71)47-9-15-50(16-10-47)62-56(74)20-23-59-26-32-77-29-5-2)36-45(35-43)39-72-42-54(66-69-72)48-11-17-51(18-12-48)63-57(75)21-24-60-27-33-78-30-6-3/h7-18,34-36,40-42,58-60H,4-6,19-33,37-39H2,1-3H3,(H,61,73)(H,62,74)(H,63,75). The van der Waals surface area contributed by atoms with Crippen molar-refractivity contribution in [2.45, 2.75) is 78.9 Å². The summed E-state index contributed by atoms with van der Waals surface area (Å²) in [6, 6.07) is 29.1. The zero-order valence-electron chi connectivity index (χ0n) is 45.2. The number of anilines is 3. The molecule has 21 nitrogen and oxygen atoms in total. The first-order valence-electron chi connectivity index (χ1n) is 27.1. The van der Waals surface area contributed by atoms with Crippen LogP contribution in [0.4, 0.5) is 17.1 Å². The monoisotopic (exact) mass is 1070 g/mol. The largest absolute Gasteiger partial charge is 0.380 e. The lowest BCUT2D eigenvalue weighted by atomic mass is 10.0. The van der Waals surface area contributed by atoms with Gasteiger partial charge in [-0.2, -0.15) is 0 Å². The van der Waals surface area contributed by atoms with E-state index in [1.54, 1.807) is 14.0 Å². The normalized spacial score (nSPS) is 11.3. The molecule has 0 aliphatic heterocycles. The fraction of sp³-hybridized carbons (Fsp3) is 0.421. The fourth-order valence-electron chi connectivity index (χ4n) is 8.19. The second-order valence-corrected chi connectivity index (χ2v) is 18.8. The van der Waals surface area contributed by atoms with Crippen LogP contribution in [0.15, 0.2) is 110 Å². The number of nitrogens with zero attached hydrogens (tertiary/aromatic N) is 9. The van der Waals surface area contributed by atoms with Gasteiger partial charge in [-0.3, -0.25) is 14.4 Å². The zero-order chi connectivity index (χ0) is 54.6. The van der Waals surface area contributed by atoms with Gasteiger partial charge < -0.3 is 46.1 Å². The third-order valence-corrected chi connectivity index (χ3v) is 12.1. The van der Waals surface area contributed by atoms with Crippen molar-refractivity contribution in [3.8, 4) is 33.8 Å². The second-order valence-electron chi connectivity index (χ2n) is 18.8. The summed E-state index contributed by atoms with van der Waals surface area (Å²) in [5, 5.41) is 45.6. The quantitative estimate of drug-likeness (QED) is 0.0226. The molecule has 78 heavy (non-hydrogen) atoms. The highest BCUT2D eigenvalue weighted by molar-refractivity contribution is 5.92. The predicted octanol–water partition coefficient (Wildman–Crippen LogP) is 6.64. The Hall–Kier alpha value is -7.53. The summed E-state index contributed by atoms with van der Waals surface area (Å²) in [7, 11) is 0. The van der Waals surface area contributed by atoms with Crippen LogP contribution in [0, 0.1) is 0 Å². The molecular weight excluding hydrogens is 991 g/mol. The van der Waals surface area contributed by atoms with Crippen LogP contribution >= 0.6 is 0 Å². The molecule has 6 N–H and O–H groups in total. The number of carbonyl (C=O) groups is 3. The molecule has 0 aliphatic carbocycles. The molecule has 0 fully saturated rings. The molecule has 21 heteroatoms. The highest BCUT2D eigenvalue weighted by Gasteiger charge is 2.13. The zero-order valence-corrected chi connectivity index (χ0v) is 45.2. The van der Waals surface area contributed by atoms with Gasteiger partial charge in [0.1, 0.15) is 17.1 Å². The Bertz CT molecular complexity index is 2560. The van der Waals surface area contributed by atoms with Crippen LogP contribution in [0.2, 0.25) is 0 Å². The summed E-state index contributed by atoms with van der Waals surface area (Å²) in [6.07, 6.45) is 9.73. The van der Waals surface area contributed by atoms with Gasteiger partial charge >= 0.3 is 0 Å². The third-order valence-electron chi connectivity index (χ3n) is 12.1. The molecule has 0 saturated heterocycles. The molecule has 7 aromatic rings. The lowest BCUT2D eigenvalue weighted by Gasteiger charge is -2.10. The average molecular weight is 1070 g/mol. The van der Waals surface area contributed by atoms with E-state index >= 15 is 0 Å². The van der Waals surface area contributed by atoms with Gasteiger partial charge in [0.05, 0.1) is 58.0 Å². The first-order chi connectivity index (χ1) is 38.2. The minimum absolute atomic E-state index is 0.0686. The van der Waals surface area contributed by atoms with Crippen molar-refractivity contribution in [2.75, 3.05) is 94.9 Å². The van der Waals surface area contributed by atoms with E-state index < -0.39 is 0 Å². The highest BCUT2D eigenvalue weighted by Crippen LogP contribution is 2.24. The Morgan fingerprint density at radius 3 is 0.949 bits per heavy atom. The maximum atomic E-state index is 12.6. The van der Waals surface area contributed by atoms with E-state index in [9.17, 15) is 14.4 Å². The number of benzene rings is 4. The number of aromatic nitrogens is 9. The molecule has 3 amide bonds. The van der Waals surface area contributed by atoms with E-state index in [0.29, 0.717) is 132 Å². The molecule has 7 rings (SSSR count). The molecule has 0 saturated carbocycles. The van der Waals surface area contributed by atoms with E-state index in [2.05, 4.69) is 102 Å². The minimum Gasteiger partial charge on any atom is -0.380 e. The summed E-state index contributed by atoms with van der Waals surface area (Å²) in [5.41, 5.74) is 9.78. The van der Waals surface area contributed by atoms with Crippen LogP contribution in [0.3, 0.4) is 0 Å². The van der Waals surface area contributed by atoms with Crippen molar-refractivity contribution in [2.24, 2.45) is 0 Å². The number of ether oxygens (including phenoxy) is 3. The Morgan fingerprint density at radius 1 is 0.397 bits per heavy atom. The third kappa shape index (κ3) is 20.1. The first kappa shape index (κ1) is 58.2. The van der Waals surface area contributed by atoms with Gasteiger partial charge in [-0.25, -0.2) is 14.0 Å². The number of hydrogen-bond donors (Lipinski definition) is 6. The van der Waals surface area contributed by atoms with E-state index in [4.69, 9.17) is 14.2 Å². The number of rotatable bonds is 36. The maximum absolute atomic E-state index is 12.6. The van der Waals surface area contributed by atoms with Gasteiger partial charge in [0.2, 0.25) is 17.7 Å². The van der Waals surface area contributed by atoms with Crippen LogP contribution in [0.25, 0.3) is 33.8 Å². The fourth-order valence-corrected chi connectivity index (χ4v) is 8.19. The predicted molar refractivity (Wildman–Crippen MR) is 302 cm³/mol. The van der Waals surface area contributed by atoms with Crippen molar-refractivity contribution in [3.63, 3.8) is 0 Å². The van der Waals surface area contributed by atoms with Crippen molar-refractivity contribution in [1.82, 2.24) is 60.9 Å². The molecule has 0 atom stereocenters. The topological polar surface area (TPSA) is 243 Å². The molecule has 0 bridgehead atoms. The smallest absolute Gasteiger partial charge is 0.225 e. The van der Waals surface area contributed by atoms with Gasteiger partial charge in [-0.05, 0) is 72.4 Å². The number of nitrogens with one attached hydrogen (secondary N) is 6. The lowest BCUT2D eigenvalue weighted by Crippen LogP contribution is -2.25. The second kappa shape index (κ2) is 32.3. The highest BCUT2D eigenvalue weighted by atomic mass is 16.5. The molecule has 4 aromatic carbocycles. The summed E-state index contributed by atoms with van der Waals surface area (Å²) in [5.74, 6) is -0.206. The average Bonchev–Trinajstić information content (AvgIpc) is 4.26. The Morgan fingerprint density at radius 2 is 0.679 bits per heavy atom. The van der Waals surface area contributed by atoms with Crippen LogP contribution < -0.4 is 31.9 Å². The van der Waals surface area contributed by atoms with Gasteiger partial charge in [-0.15, -0.1) is 15.3 Å². The SMILES string of the molecule is CCCOCCNCCC(=O)Nc1ccc(-c2cn(Cc3cc(Cn4cc(-c5ccc(NC(=O)CCNCCOCCC)cc5)nn4)cc(Cn4cc(-c5ccc(NC(=O)CCNCCOCCC)cc5)nn4)c3)nn2)cc1. The van der Waals surface area contributed by atoms with Crippen molar-refractivity contribution >= 4 is 34.8 Å². The van der Waals surface area contributed by atoms with Crippen molar-refractivity contribution < 1.29 is 28.6 Å². The van der Waals surface area contributed by atoms with Crippen LogP contribution in [-0.4, -0.2) is 142 Å². The van der Waals surface area contributed by atoms with E-state index in [-0.39, 0.29) is 17.7 Å². The Balaban J connectivity index is 0.987. The van der Waals surface area contributed by atoms with Gasteiger partial charge in [0, 0.05) is 112 Å². The summed E-state index contributed by atoms with van der Waals surface area (Å²) in [6.45, 7) is 15.5. The van der Waals surface area contributed by atoms with Gasteiger partial charge in [0.15, 0.2) is 0 Å². The molecule has 0 unspecified atom stereocenters. The number of hydrogen-bond acceptors (Lipinski definition) is 15. The van der Waals surface area contributed by atoms with Crippen molar-refractivity contribution in [3.05, 3.63) is 126 Å². The van der Waals surface area contributed by atoms with E-state index in [1.165, 1.54) is 0 Å². The maximum Gasteiger partial charge on any atom is 0.225 e. The molecule has 414 valence electrons.